The zero-order chi connectivity index (χ0) is 11.0. The second-order valence-electron chi connectivity index (χ2n) is 2.95. The molecule has 5 nitrogen and oxygen atoms in total. The van der Waals surface area contributed by atoms with Crippen LogP contribution in [0, 0.1) is 0 Å². The van der Waals surface area contributed by atoms with E-state index in [1.165, 1.54) is 18.2 Å². The summed E-state index contributed by atoms with van der Waals surface area (Å²) in [4.78, 5) is 21.6. The van der Waals surface area contributed by atoms with Gasteiger partial charge < -0.3 is 14.6 Å². The van der Waals surface area contributed by atoms with E-state index in [1.54, 1.807) is 0 Å². The lowest BCUT2D eigenvalue weighted by atomic mass is 10.1. The number of rotatable bonds is 1. The number of carbonyl (C=O) groups is 1. The molecule has 0 spiro atoms. The molecular formula is C10H6O5. The topological polar surface area (TPSA) is 87.7 Å². The number of carbonyl (C=O) groups excluding carboxylic acids is 1. The van der Waals surface area contributed by atoms with Crippen molar-refractivity contribution < 1.29 is 19.4 Å². The van der Waals surface area contributed by atoms with E-state index in [1.807, 2.05) is 0 Å². The lowest BCUT2D eigenvalue weighted by Crippen LogP contribution is -2.06. The minimum Gasteiger partial charge on any atom is -0.508 e. The maximum atomic E-state index is 11.2. The fraction of sp³-hybridized carbons (Fsp3) is 0. The number of aromatic hydroxyl groups is 2. The van der Waals surface area contributed by atoms with Crippen LogP contribution < -0.4 is 5.63 Å². The van der Waals surface area contributed by atoms with Crippen molar-refractivity contribution in [2.45, 2.75) is 0 Å². The Bertz CT molecular complexity index is 597. The highest BCUT2D eigenvalue weighted by Gasteiger charge is 2.12. The van der Waals surface area contributed by atoms with Gasteiger partial charge in [0.05, 0.1) is 5.39 Å². The Morgan fingerprint density at radius 3 is 2.67 bits per heavy atom. The SMILES string of the molecule is O=Cc1c(O)c2ccc(O)cc2oc1=O. The monoisotopic (exact) mass is 206 g/mol. The molecule has 0 atom stereocenters. The van der Waals surface area contributed by atoms with Gasteiger partial charge >= 0.3 is 5.63 Å². The molecule has 0 fully saturated rings. The van der Waals surface area contributed by atoms with Crippen LogP contribution in [0.15, 0.2) is 27.4 Å². The Balaban J connectivity index is 2.97. The highest BCUT2D eigenvalue weighted by atomic mass is 16.4. The van der Waals surface area contributed by atoms with E-state index in [-0.39, 0.29) is 23.0 Å². The molecule has 0 saturated heterocycles. The first kappa shape index (κ1) is 9.26. The van der Waals surface area contributed by atoms with Gasteiger partial charge in [0.25, 0.3) is 0 Å². The van der Waals surface area contributed by atoms with Crippen LogP contribution >= 0.6 is 0 Å². The lowest BCUT2D eigenvalue weighted by Gasteiger charge is -2.01. The summed E-state index contributed by atoms with van der Waals surface area (Å²) in [5.41, 5.74) is -1.32. The fourth-order valence-electron chi connectivity index (χ4n) is 1.29. The Kier molecular flexibility index (Phi) is 1.93. The predicted molar refractivity (Wildman–Crippen MR) is 51.2 cm³/mol. The summed E-state index contributed by atoms with van der Waals surface area (Å²) in [6, 6.07) is 3.86. The van der Waals surface area contributed by atoms with Gasteiger partial charge in [0.15, 0.2) is 6.29 Å². The minimum absolute atomic E-state index is 0.0306. The van der Waals surface area contributed by atoms with Crippen molar-refractivity contribution in [1.82, 2.24) is 0 Å². The van der Waals surface area contributed by atoms with Crippen LogP contribution in [0.1, 0.15) is 10.4 Å². The third kappa shape index (κ3) is 1.34. The molecule has 0 saturated carbocycles. The molecule has 0 aliphatic heterocycles. The van der Waals surface area contributed by atoms with E-state index in [0.717, 1.165) is 0 Å². The Labute approximate surface area is 83.2 Å². The van der Waals surface area contributed by atoms with Crippen LogP contribution in [0.2, 0.25) is 0 Å². The van der Waals surface area contributed by atoms with Crippen molar-refractivity contribution in [1.29, 1.82) is 0 Å². The van der Waals surface area contributed by atoms with Crippen molar-refractivity contribution in [3.05, 3.63) is 34.2 Å². The molecule has 0 bridgehead atoms. The molecule has 5 heteroatoms. The summed E-state index contributed by atoms with van der Waals surface area (Å²) < 4.78 is 4.74. The van der Waals surface area contributed by atoms with Crippen LogP contribution in [-0.2, 0) is 0 Å². The molecular weight excluding hydrogens is 200 g/mol. The maximum Gasteiger partial charge on any atom is 0.350 e. The molecule has 15 heavy (non-hydrogen) atoms. The van der Waals surface area contributed by atoms with E-state index in [0.29, 0.717) is 0 Å². The third-order valence-corrected chi connectivity index (χ3v) is 2.02. The molecule has 2 aromatic rings. The Morgan fingerprint density at radius 1 is 1.27 bits per heavy atom. The smallest absolute Gasteiger partial charge is 0.350 e. The zero-order valence-corrected chi connectivity index (χ0v) is 7.43. The molecule has 0 aliphatic rings. The third-order valence-electron chi connectivity index (χ3n) is 2.02. The molecule has 2 N–H and O–H groups in total. The van der Waals surface area contributed by atoms with E-state index >= 15 is 0 Å². The van der Waals surface area contributed by atoms with E-state index in [2.05, 4.69) is 0 Å². The van der Waals surface area contributed by atoms with Gasteiger partial charge in [0.1, 0.15) is 22.6 Å². The van der Waals surface area contributed by atoms with Crippen molar-refractivity contribution in [3.63, 3.8) is 0 Å². The molecule has 2 rings (SSSR count). The van der Waals surface area contributed by atoms with Crippen LogP contribution in [0.4, 0.5) is 0 Å². The van der Waals surface area contributed by atoms with Crippen LogP contribution in [0.3, 0.4) is 0 Å². The highest BCUT2D eigenvalue weighted by Crippen LogP contribution is 2.27. The van der Waals surface area contributed by atoms with Gasteiger partial charge in [-0.2, -0.15) is 0 Å². The number of benzene rings is 1. The first-order valence-electron chi connectivity index (χ1n) is 4.07. The fourth-order valence-corrected chi connectivity index (χ4v) is 1.29. The van der Waals surface area contributed by atoms with Gasteiger partial charge in [-0.05, 0) is 12.1 Å². The molecule has 1 aromatic carbocycles. The normalized spacial score (nSPS) is 10.4. The largest absolute Gasteiger partial charge is 0.508 e. The average molecular weight is 206 g/mol. The quantitative estimate of drug-likeness (QED) is 0.537. The average Bonchev–Trinajstić information content (AvgIpc) is 2.17. The summed E-state index contributed by atoms with van der Waals surface area (Å²) in [6.45, 7) is 0. The summed E-state index contributed by atoms with van der Waals surface area (Å²) >= 11 is 0. The van der Waals surface area contributed by atoms with Gasteiger partial charge in [-0.15, -0.1) is 0 Å². The molecule has 0 aliphatic carbocycles. The minimum atomic E-state index is -0.930. The Morgan fingerprint density at radius 2 is 2.00 bits per heavy atom. The summed E-state index contributed by atoms with van der Waals surface area (Å²) in [5, 5.41) is 18.9. The summed E-state index contributed by atoms with van der Waals surface area (Å²) in [6.07, 6.45) is 0.230. The molecule has 1 heterocycles. The standard InChI is InChI=1S/C10H6O5/c11-4-7-9(13)6-2-1-5(12)3-8(6)15-10(7)14/h1-4,12-13H. The number of aldehydes is 1. The van der Waals surface area contributed by atoms with Crippen molar-refractivity contribution in [2.75, 3.05) is 0 Å². The van der Waals surface area contributed by atoms with Crippen molar-refractivity contribution in [3.8, 4) is 11.5 Å². The van der Waals surface area contributed by atoms with Gasteiger partial charge in [-0.1, -0.05) is 0 Å². The van der Waals surface area contributed by atoms with Crippen molar-refractivity contribution >= 4 is 17.3 Å². The number of fused-ring (bicyclic) bond motifs is 1. The molecule has 1 aromatic heterocycles. The lowest BCUT2D eigenvalue weighted by molar-refractivity contribution is 0.111. The molecule has 0 amide bonds. The van der Waals surface area contributed by atoms with E-state index < -0.39 is 16.9 Å². The van der Waals surface area contributed by atoms with Crippen LogP contribution in [-0.4, -0.2) is 16.5 Å². The van der Waals surface area contributed by atoms with Gasteiger partial charge in [0, 0.05) is 6.07 Å². The van der Waals surface area contributed by atoms with Crippen molar-refractivity contribution in [2.24, 2.45) is 0 Å². The number of hydrogen-bond donors (Lipinski definition) is 2. The highest BCUT2D eigenvalue weighted by molar-refractivity contribution is 5.92. The number of phenolic OH excluding ortho intramolecular Hbond substituents is 1. The summed E-state index contributed by atoms with van der Waals surface area (Å²) in [5.74, 6) is -0.528. The second-order valence-corrected chi connectivity index (χ2v) is 2.95. The zero-order valence-electron chi connectivity index (χ0n) is 7.43. The van der Waals surface area contributed by atoms with E-state index in [9.17, 15) is 14.7 Å². The predicted octanol–water partition coefficient (Wildman–Crippen LogP) is 1.02. The molecule has 0 radical (unpaired) electrons. The second kappa shape index (κ2) is 3.13. The number of hydrogen-bond acceptors (Lipinski definition) is 5. The molecule has 76 valence electrons. The van der Waals surface area contributed by atoms with E-state index in [4.69, 9.17) is 9.52 Å². The van der Waals surface area contributed by atoms with Gasteiger partial charge in [-0.3, -0.25) is 4.79 Å². The first-order chi connectivity index (χ1) is 7.13. The van der Waals surface area contributed by atoms with Crippen LogP contribution in [0.5, 0.6) is 11.5 Å². The summed E-state index contributed by atoms with van der Waals surface area (Å²) in [7, 11) is 0. The number of phenols is 1. The first-order valence-corrected chi connectivity index (χ1v) is 4.07. The molecule has 0 unspecified atom stereocenters. The van der Waals surface area contributed by atoms with Gasteiger partial charge in [-0.25, -0.2) is 4.79 Å². The maximum absolute atomic E-state index is 11.2. The Hall–Kier alpha value is -2.30. The van der Waals surface area contributed by atoms with Crippen LogP contribution in [0.25, 0.3) is 11.0 Å². The van der Waals surface area contributed by atoms with Gasteiger partial charge in [0.2, 0.25) is 0 Å².